The van der Waals surface area contributed by atoms with Crippen molar-refractivity contribution >= 4 is 22.4 Å². The molecule has 1 amide bonds. The minimum absolute atomic E-state index is 0.0294. The zero-order valence-electron chi connectivity index (χ0n) is 12.9. The van der Waals surface area contributed by atoms with Crippen LogP contribution < -0.4 is 10.9 Å². The number of rotatable bonds is 6. The van der Waals surface area contributed by atoms with E-state index in [4.69, 9.17) is 0 Å². The van der Waals surface area contributed by atoms with Gasteiger partial charge >= 0.3 is 0 Å². The van der Waals surface area contributed by atoms with Crippen LogP contribution in [0.25, 0.3) is 0 Å². The Balaban J connectivity index is 2.01. The Hall–Kier alpha value is -2.09. The second-order valence-electron chi connectivity index (χ2n) is 5.04. The van der Waals surface area contributed by atoms with E-state index in [0.29, 0.717) is 22.2 Å². The van der Waals surface area contributed by atoms with Gasteiger partial charge in [-0.15, -0.1) is 10.2 Å². The van der Waals surface area contributed by atoms with Gasteiger partial charge in [-0.25, -0.2) is 4.98 Å². The summed E-state index contributed by atoms with van der Waals surface area (Å²) in [7, 11) is 0. The van der Waals surface area contributed by atoms with Gasteiger partial charge in [0.15, 0.2) is 0 Å². The summed E-state index contributed by atoms with van der Waals surface area (Å²) in [5.74, 6) is 0.244. The van der Waals surface area contributed by atoms with Crippen molar-refractivity contribution in [2.24, 2.45) is 0 Å². The summed E-state index contributed by atoms with van der Waals surface area (Å²) < 4.78 is 0. The van der Waals surface area contributed by atoms with E-state index in [1.165, 1.54) is 11.3 Å². The molecular weight excluding hydrogens is 302 g/mol. The molecule has 2 aromatic rings. The Kier molecular flexibility index (Phi) is 5.37. The maximum absolute atomic E-state index is 12.0. The summed E-state index contributed by atoms with van der Waals surface area (Å²) in [5, 5.41) is 12.0. The molecule has 118 valence electrons. The highest BCUT2D eigenvalue weighted by Crippen LogP contribution is 2.17. The Morgan fingerprint density at radius 3 is 2.77 bits per heavy atom. The Bertz CT molecular complexity index is 722. The molecule has 0 fully saturated rings. The van der Waals surface area contributed by atoms with Crippen LogP contribution in [0.4, 0.5) is 5.13 Å². The maximum atomic E-state index is 12.0. The second-order valence-corrected chi connectivity index (χ2v) is 6.11. The van der Waals surface area contributed by atoms with Crippen molar-refractivity contribution in [3.63, 3.8) is 0 Å². The number of nitrogens with one attached hydrogen (secondary N) is 2. The van der Waals surface area contributed by atoms with Crippen LogP contribution in [0.15, 0.2) is 4.79 Å². The zero-order valence-corrected chi connectivity index (χ0v) is 13.7. The van der Waals surface area contributed by atoms with E-state index in [1.807, 2.05) is 0 Å². The zero-order chi connectivity index (χ0) is 16.1. The van der Waals surface area contributed by atoms with Crippen LogP contribution in [-0.2, 0) is 17.6 Å². The van der Waals surface area contributed by atoms with Crippen molar-refractivity contribution in [1.29, 1.82) is 0 Å². The lowest BCUT2D eigenvalue weighted by Crippen LogP contribution is -2.24. The largest absolute Gasteiger partial charge is 0.311 e. The van der Waals surface area contributed by atoms with Gasteiger partial charge in [0, 0.05) is 17.7 Å². The van der Waals surface area contributed by atoms with Crippen LogP contribution in [0.5, 0.6) is 0 Å². The summed E-state index contributed by atoms with van der Waals surface area (Å²) in [5.41, 5.74) is 0.664. The molecule has 0 aliphatic rings. The highest BCUT2D eigenvalue weighted by atomic mass is 32.1. The second kappa shape index (κ2) is 7.26. The van der Waals surface area contributed by atoms with Gasteiger partial charge in [0.25, 0.3) is 5.56 Å². The van der Waals surface area contributed by atoms with Crippen molar-refractivity contribution in [3.05, 3.63) is 32.4 Å². The van der Waals surface area contributed by atoms with Crippen LogP contribution in [0, 0.1) is 13.8 Å². The fourth-order valence-corrected chi connectivity index (χ4v) is 2.81. The van der Waals surface area contributed by atoms with Gasteiger partial charge in [0.1, 0.15) is 10.8 Å². The van der Waals surface area contributed by atoms with E-state index in [2.05, 4.69) is 32.4 Å². The van der Waals surface area contributed by atoms with Gasteiger partial charge in [0.2, 0.25) is 11.0 Å². The van der Waals surface area contributed by atoms with Crippen LogP contribution in [-0.4, -0.2) is 26.1 Å². The van der Waals surface area contributed by atoms with Crippen molar-refractivity contribution in [1.82, 2.24) is 20.2 Å². The summed E-state index contributed by atoms with van der Waals surface area (Å²) in [6.07, 6.45) is 2.97. The van der Waals surface area contributed by atoms with E-state index in [1.54, 1.807) is 13.8 Å². The molecule has 0 bridgehead atoms. The Morgan fingerprint density at radius 1 is 1.32 bits per heavy atom. The van der Waals surface area contributed by atoms with Gasteiger partial charge in [-0.1, -0.05) is 24.7 Å². The fraction of sp³-hybridized carbons (Fsp3) is 0.500. The summed E-state index contributed by atoms with van der Waals surface area (Å²) in [4.78, 5) is 30.7. The predicted molar refractivity (Wildman–Crippen MR) is 85.2 cm³/mol. The van der Waals surface area contributed by atoms with Crippen LogP contribution in [0.2, 0.25) is 0 Å². The third-order valence-electron chi connectivity index (χ3n) is 3.14. The summed E-state index contributed by atoms with van der Waals surface area (Å²) >= 11 is 1.37. The van der Waals surface area contributed by atoms with Crippen LogP contribution >= 0.6 is 11.3 Å². The first-order valence-corrected chi connectivity index (χ1v) is 8.00. The molecule has 0 atom stereocenters. The number of aryl methyl sites for hydroxylation is 3. The molecule has 7 nitrogen and oxygen atoms in total. The van der Waals surface area contributed by atoms with Crippen molar-refractivity contribution in [2.45, 2.75) is 46.5 Å². The molecule has 0 radical (unpaired) electrons. The first kappa shape index (κ1) is 16.3. The van der Waals surface area contributed by atoms with Gasteiger partial charge in [-0.3, -0.25) is 9.59 Å². The molecule has 2 rings (SSSR count). The molecule has 2 aromatic heterocycles. The standard InChI is InChI=1S/C14H19N5O2S/c1-4-5-6-12-18-19-14(22-12)17-11(20)7-10-8(2)15-9(3)16-13(10)21/h4-7H2,1-3H3,(H,15,16,21)(H,17,19,20). The van der Waals surface area contributed by atoms with E-state index in [0.717, 1.165) is 24.3 Å². The molecule has 2 heterocycles. The number of carbonyl (C=O) groups is 1. The molecule has 0 aliphatic carbocycles. The number of hydrogen-bond donors (Lipinski definition) is 2. The molecule has 0 saturated carbocycles. The van der Waals surface area contributed by atoms with Crippen molar-refractivity contribution in [2.75, 3.05) is 5.32 Å². The molecule has 0 aromatic carbocycles. The SMILES string of the molecule is CCCCc1nnc(NC(=O)Cc2c(C)nc(C)[nH]c2=O)s1. The average molecular weight is 321 g/mol. The number of anilines is 1. The molecule has 2 N–H and O–H groups in total. The van der Waals surface area contributed by atoms with E-state index >= 15 is 0 Å². The highest BCUT2D eigenvalue weighted by Gasteiger charge is 2.13. The summed E-state index contributed by atoms with van der Waals surface area (Å²) in [6, 6.07) is 0. The van der Waals surface area contributed by atoms with Crippen molar-refractivity contribution < 1.29 is 4.79 Å². The number of carbonyl (C=O) groups excluding carboxylic acids is 1. The fourth-order valence-electron chi connectivity index (χ4n) is 2.02. The number of aromatic nitrogens is 4. The minimum Gasteiger partial charge on any atom is -0.311 e. The lowest BCUT2D eigenvalue weighted by atomic mass is 10.1. The first-order valence-electron chi connectivity index (χ1n) is 7.18. The van der Waals surface area contributed by atoms with Crippen molar-refractivity contribution in [3.8, 4) is 0 Å². The molecule has 0 aliphatic heterocycles. The number of amides is 1. The topological polar surface area (TPSA) is 101 Å². The van der Waals surface area contributed by atoms with Crippen LogP contribution in [0.3, 0.4) is 0 Å². The van der Waals surface area contributed by atoms with Crippen LogP contribution in [0.1, 0.15) is 41.9 Å². The highest BCUT2D eigenvalue weighted by molar-refractivity contribution is 7.15. The van der Waals surface area contributed by atoms with Gasteiger partial charge in [-0.05, 0) is 20.3 Å². The number of H-pyrrole nitrogens is 1. The first-order chi connectivity index (χ1) is 10.5. The molecule has 8 heteroatoms. The smallest absolute Gasteiger partial charge is 0.254 e. The molecule has 0 saturated heterocycles. The maximum Gasteiger partial charge on any atom is 0.254 e. The lowest BCUT2D eigenvalue weighted by molar-refractivity contribution is -0.115. The Labute approximate surface area is 132 Å². The quantitative estimate of drug-likeness (QED) is 0.844. The summed E-state index contributed by atoms with van der Waals surface area (Å²) in [6.45, 7) is 5.54. The molecule has 0 spiro atoms. The average Bonchev–Trinajstić information content (AvgIpc) is 2.88. The number of hydrogen-bond acceptors (Lipinski definition) is 6. The molecule has 0 unspecified atom stereocenters. The predicted octanol–water partition coefficient (Wildman–Crippen LogP) is 1.76. The number of nitrogens with zero attached hydrogens (tertiary/aromatic N) is 3. The third kappa shape index (κ3) is 4.20. The monoisotopic (exact) mass is 321 g/mol. The van der Waals surface area contributed by atoms with Gasteiger partial charge in [0.05, 0.1) is 6.42 Å². The lowest BCUT2D eigenvalue weighted by Gasteiger charge is -2.04. The number of aromatic amines is 1. The molecule has 22 heavy (non-hydrogen) atoms. The number of unbranched alkanes of at least 4 members (excludes halogenated alkanes) is 1. The van der Waals surface area contributed by atoms with E-state index in [-0.39, 0.29) is 17.9 Å². The van der Waals surface area contributed by atoms with E-state index in [9.17, 15) is 9.59 Å². The Morgan fingerprint density at radius 2 is 2.09 bits per heavy atom. The normalized spacial score (nSPS) is 10.7. The minimum atomic E-state index is -0.294. The third-order valence-corrected chi connectivity index (χ3v) is 4.03. The molecular formula is C14H19N5O2S. The van der Waals surface area contributed by atoms with E-state index < -0.39 is 0 Å². The van der Waals surface area contributed by atoms with Gasteiger partial charge in [-0.2, -0.15) is 0 Å². The van der Waals surface area contributed by atoms with Gasteiger partial charge < -0.3 is 10.3 Å².